The second-order valence-corrected chi connectivity index (χ2v) is 21.3. The van der Waals surface area contributed by atoms with Crippen molar-refractivity contribution in [2.45, 2.75) is 126 Å². The van der Waals surface area contributed by atoms with Crippen molar-refractivity contribution in [2.75, 3.05) is 6.61 Å². The number of hydrogen-bond donors (Lipinski definition) is 1. The number of ether oxygens (including phenoxy) is 1. The lowest BCUT2D eigenvalue weighted by Crippen LogP contribution is -2.50. The van der Waals surface area contributed by atoms with E-state index in [0.29, 0.717) is 52.6 Å². The molecule has 1 saturated heterocycles. The van der Waals surface area contributed by atoms with Crippen molar-refractivity contribution in [3.05, 3.63) is 145 Å². The second kappa shape index (κ2) is 15.3. The topological polar surface area (TPSA) is 155 Å². The Morgan fingerprint density at radius 1 is 0.900 bits per heavy atom. The quantitative estimate of drug-likeness (QED) is 0.158. The lowest BCUT2D eigenvalue weighted by atomic mass is 9.75. The van der Waals surface area contributed by atoms with Crippen LogP contribution in [0.2, 0.25) is 0 Å². The standard InChI is InChI=1S/C53H54F2N10O5/c1-28-23-53(28,49-57-50(67)70-59-49)44-37(27-61-26-32(12-15-41(44)61)31-18-21-69-52(3,4)24-31)48(66)64-29(2)43-46(34-8-6-7-9-40(34)64)58-65(33-13-14-38(54)35(22-33)30-10-11-30)47(43)63-20-19-62(51(63)68)42-17-16-39-36(45(42)55)25-56-60(39)5/h12-17,19-20,22,25-31,34,40H,6-11,18,21,23-24H2,1-5H3,(H,57,59,67)/t28-,29-,31-,34?,40?,53+/m0/s1. The molecule has 5 aliphatic rings. The minimum atomic E-state index is -0.799. The molecule has 0 bridgehead atoms. The number of amides is 1. The molecule has 2 aromatic carbocycles. The van der Waals surface area contributed by atoms with Gasteiger partial charge in [-0.05, 0) is 131 Å². The van der Waals surface area contributed by atoms with Crippen LogP contribution in [0.15, 0.2) is 87.6 Å². The van der Waals surface area contributed by atoms with E-state index in [2.05, 4.69) is 58.7 Å². The van der Waals surface area contributed by atoms with Gasteiger partial charge in [0.1, 0.15) is 11.6 Å². The van der Waals surface area contributed by atoms with Crippen molar-refractivity contribution >= 4 is 22.3 Å². The second-order valence-electron chi connectivity index (χ2n) is 21.3. The van der Waals surface area contributed by atoms with Crippen LogP contribution in [0.4, 0.5) is 8.78 Å². The molecule has 3 aliphatic carbocycles. The van der Waals surface area contributed by atoms with E-state index in [0.717, 1.165) is 73.7 Å². The normalized spacial score (nSPS) is 25.1. The van der Waals surface area contributed by atoms with Crippen molar-refractivity contribution in [3.63, 3.8) is 0 Å². The van der Waals surface area contributed by atoms with Crippen molar-refractivity contribution < 1.29 is 22.8 Å². The summed E-state index contributed by atoms with van der Waals surface area (Å²) in [5, 5.41) is 14.2. The Kier molecular flexibility index (Phi) is 9.44. The zero-order chi connectivity index (χ0) is 48.1. The summed E-state index contributed by atoms with van der Waals surface area (Å²) >= 11 is 0. The molecule has 1 amide bonds. The van der Waals surface area contributed by atoms with Gasteiger partial charge in [-0.25, -0.2) is 23.1 Å². The number of rotatable bonds is 8. The lowest BCUT2D eigenvalue weighted by molar-refractivity contribution is -0.0593. The fourth-order valence-electron chi connectivity index (χ4n) is 12.9. The molecule has 2 unspecified atom stereocenters. The summed E-state index contributed by atoms with van der Waals surface area (Å²) in [7, 11) is 1.73. The van der Waals surface area contributed by atoms with Gasteiger partial charge in [0.05, 0.1) is 62.3 Å². The number of nitrogens with zero attached hydrogens (tertiary/aromatic N) is 9. The number of carbonyl (C=O) groups excluding carboxylic acids is 1. The highest BCUT2D eigenvalue weighted by molar-refractivity contribution is 6.00. The Balaban J connectivity index is 1.00. The average molecular weight is 949 g/mol. The monoisotopic (exact) mass is 948 g/mol. The SMILES string of the molecule is C[C@H]1c2c(nn(-c3ccc(F)c(C4CC4)c3)c2-n2ccn(-c3ccc4c(cnn4C)c3F)c2=O)C2CCCCC2N1C(=O)c1cn2cc([C@H]3CCOC(C)(C)C3)ccc2c1[C@@]1(c2noc(=O)[nH]2)C[C@@H]1C. The number of aromatic nitrogens is 9. The third-order valence-electron chi connectivity index (χ3n) is 16.6. The number of H-pyrrole nitrogens is 1. The molecule has 2 aliphatic heterocycles. The summed E-state index contributed by atoms with van der Waals surface area (Å²) in [5.74, 6) is -0.731. The van der Waals surface area contributed by atoms with Gasteiger partial charge >= 0.3 is 11.4 Å². The fourth-order valence-corrected chi connectivity index (χ4v) is 12.9. The maximum atomic E-state index is 16.4. The van der Waals surface area contributed by atoms with Crippen molar-refractivity contribution in [1.29, 1.82) is 0 Å². The summed E-state index contributed by atoms with van der Waals surface area (Å²) in [6, 6.07) is 11.7. The van der Waals surface area contributed by atoms with Gasteiger partial charge in [-0.15, -0.1) is 0 Å². The van der Waals surface area contributed by atoms with Crippen molar-refractivity contribution in [2.24, 2.45) is 13.0 Å². The molecule has 1 N–H and O–H groups in total. The molecule has 6 aromatic heterocycles. The highest BCUT2D eigenvalue weighted by Gasteiger charge is 2.60. The number of pyridine rings is 1. The van der Waals surface area contributed by atoms with Crippen LogP contribution >= 0.6 is 0 Å². The molecule has 0 spiro atoms. The predicted molar refractivity (Wildman–Crippen MR) is 255 cm³/mol. The highest BCUT2D eigenvalue weighted by atomic mass is 19.1. The maximum absolute atomic E-state index is 16.4. The smallest absolute Gasteiger partial charge is 0.376 e. The Morgan fingerprint density at radius 3 is 2.44 bits per heavy atom. The molecular weight excluding hydrogens is 895 g/mol. The van der Waals surface area contributed by atoms with Crippen molar-refractivity contribution in [1.82, 2.24) is 48.1 Å². The number of imidazole rings is 1. The third kappa shape index (κ3) is 6.38. The first-order chi connectivity index (χ1) is 33.7. The van der Waals surface area contributed by atoms with Crippen LogP contribution in [0.3, 0.4) is 0 Å². The van der Waals surface area contributed by atoms with Crippen LogP contribution in [-0.4, -0.2) is 72.3 Å². The van der Waals surface area contributed by atoms with E-state index >= 15 is 18.4 Å². The van der Waals surface area contributed by atoms with Gasteiger partial charge in [0.25, 0.3) is 5.91 Å². The number of halogens is 2. The van der Waals surface area contributed by atoms with Gasteiger partial charge < -0.3 is 14.0 Å². The Hall–Kier alpha value is -6.88. The van der Waals surface area contributed by atoms with Crippen LogP contribution in [-0.2, 0) is 17.2 Å². The van der Waals surface area contributed by atoms with E-state index in [1.807, 2.05) is 24.1 Å². The van der Waals surface area contributed by atoms with Crippen LogP contribution in [0, 0.1) is 17.6 Å². The maximum Gasteiger partial charge on any atom is 0.438 e. The van der Waals surface area contributed by atoms with E-state index in [1.54, 1.807) is 47.0 Å². The van der Waals surface area contributed by atoms with Gasteiger partial charge in [-0.3, -0.25) is 28.1 Å². The molecule has 70 heavy (non-hydrogen) atoms. The molecule has 6 atom stereocenters. The lowest BCUT2D eigenvalue weighted by Gasteiger charge is -2.47. The van der Waals surface area contributed by atoms with Crippen molar-refractivity contribution in [3.8, 4) is 17.2 Å². The Bertz CT molecular complexity index is 3580. The summed E-state index contributed by atoms with van der Waals surface area (Å²) in [6.07, 6.45) is 16.2. The molecule has 15 nitrogen and oxygen atoms in total. The number of nitrogens with one attached hydrogen (secondary N) is 1. The van der Waals surface area contributed by atoms with Crippen LogP contribution in [0.25, 0.3) is 33.6 Å². The van der Waals surface area contributed by atoms with E-state index in [9.17, 15) is 4.79 Å². The first kappa shape index (κ1) is 43.2. The molecule has 17 heteroatoms. The minimum Gasteiger partial charge on any atom is -0.376 e. The summed E-state index contributed by atoms with van der Waals surface area (Å²) < 4.78 is 51.2. The number of fused-ring (bicyclic) bond motifs is 5. The molecule has 3 saturated carbocycles. The molecule has 4 fully saturated rings. The van der Waals surface area contributed by atoms with Crippen LogP contribution in [0.1, 0.15) is 153 Å². The molecule has 360 valence electrons. The predicted octanol–water partition coefficient (Wildman–Crippen LogP) is 9.03. The van der Waals surface area contributed by atoms with Gasteiger partial charge in [-0.2, -0.15) is 10.2 Å². The third-order valence-corrected chi connectivity index (χ3v) is 16.6. The number of aryl methyl sites for hydroxylation is 1. The average Bonchev–Trinajstić information content (AvgIpc) is 3.90. The summed E-state index contributed by atoms with van der Waals surface area (Å²) in [5.41, 5.74) is 5.00. The number of benzene rings is 2. The molecule has 13 rings (SSSR count). The Morgan fingerprint density at radius 2 is 1.69 bits per heavy atom. The van der Waals surface area contributed by atoms with E-state index in [1.165, 1.54) is 21.4 Å². The van der Waals surface area contributed by atoms with Crippen LogP contribution in [0.5, 0.6) is 0 Å². The van der Waals surface area contributed by atoms with E-state index < -0.39 is 28.7 Å². The largest absolute Gasteiger partial charge is 0.438 e. The molecule has 8 heterocycles. The molecule has 0 radical (unpaired) electrons. The van der Waals surface area contributed by atoms with Gasteiger partial charge in [-0.1, -0.05) is 31.0 Å². The number of carbonyl (C=O) groups is 1. The zero-order valence-corrected chi connectivity index (χ0v) is 39.8. The number of aromatic amines is 1. The summed E-state index contributed by atoms with van der Waals surface area (Å²) in [6.45, 7) is 9.01. The fraction of sp³-hybridized carbons (Fsp3) is 0.434. The van der Waals surface area contributed by atoms with Crippen LogP contribution < -0.4 is 11.4 Å². The highest BCUT2D eigenvalue weighted by Crippen LogP contribution is 2.60. The van der Waals surface area contributed by atoms with E-state index in [-0.39, 0.29) is 58.1 Å². The number of hydrogen-bond acceptors (Lipinski definition) is 8. The van der Waals surface area contributed by atoms with E-state index in [4.69, 9.17) is 14.4 Å². The molecular formula is C53H54F2N10O5. The first-order valence-corrected chi connectivity index (χ1v) is 24.7. The first-order valence-electron chi connectivity index (χ1n) is 24.7. The zero-order valence-electron chi connectivity index (χ0n) is 39.8. The van der Waals surface area contributed by atoms with Gasteiger partial charge in [0.15, 0.2) is 11.6 Å². The van der Waals surface area contributed by atoms with Gasteiger partial charge in [0.2, 0.25) is 0 Å². The van der Waals surface area contributed by atoms with Gasteiger partial charge in [0, 0.05) is 61.5 Å². The minimum absolute atomic E-state index is 0.0236. The summed E-state index contributed by atoms with van der Waals surface area (Å²) in [4.78, 5) is 48.7. The molecule has 8 aromatic rings. The Labute approximate surface area is 400 Å².